The van der Waals surface area contributed by atoms with Crippen LogP contribution in [0.2, 0.25) is 0 Å². The van der Waals surface area contributed by atoms with Crippen molar-refractivity contribution in [2.24, 2.45) is 0 Å². The molecular weight excluding hydrogens is 168 g/mol. The maximum Gasteiger partial charge on any atom is 0.114 e. The highest BCUT2D eigenvalue weighted by atomic mass is 17.1. The number of hydrogen-bond acceptors (Lipinski definition) is 3. The number of rotatable bonds is 5. The summed E-state index contributed by atoms with van der Waals surface area (Å²) < 4.78 is 0. The number of hydrogen-bond donors (Lipinski definition) is 2. The van der Waals surface area contributed by atoms with Crippen molar-refractivity contribution >= 4 is 0 Å². The molecule has 2 N–H and O–H groups in total. The quantitative estimate of drug-likeness (QED) is 0.393. The zero-order valence-corrected chi connectivity index (χ0v) is 8.45. The monoisotopic (exact) mass is 186 g/mol. The highest BCUT2D eigenvalue weighted by Gasteiger charge is 2.21. The van der Waals surface area contributed by atoms with Gasteiger partial charge in [0.05, 0.1) is 5.60 Å². The highest BCUT2D eigenvalue weighted by molar-refractivity contribution is 5.03. The van der Waals surface area contributed by atoms with E-state index in [0.717, 1.165) is 5.57 Å². The van der Waals surface area contributed by atoms with Gasteiger partial charge in [0.25, 0.3) is 0 Å². The van der Waals surface area contributed by atoms with Crippen molar-refractivity contribution < 1.29 is 15.3 Å². The molecule has 13 heavy (non-hydrogen) atoms. The minimum Gasteiger partial charge on any atom is -0.386 e. The minimum absolute atomic E-state index is 0.290. The van der Waals surface area contributed by atoms with E-state index in [1.165, 1.54) is 6.08 Å². The summed E-state index contributed by atoms with van der Waals surface area (Å²) in [5, 5.41) is 18.1. The lowest BCUT2D eigenvalue weighted by Crippen LogP contribution is -2.27. The van der Waals surface area contributed by atoms with Crippen LogP contribution in [0.15, 0.2) is 24.3 Å². The zero-order chi connectivity index (χ0) is 10.5. The fourth-order valence-corrected chi connectivity index (χ4v) is 0.989. The van der Waals surface area contributed by atoms with Gasteiger partial charge in [0.2, 0.25) is 0 Å². The summed E-state index contributed by atoms with van der Waals surface area (Å²) in [4.78, 5) is 4.21. The van der Waals surface area contributed by atoms with Crippen molar-refractivity contribution in [2.75, 3.05) is 0 Å². The average Bonchev–Trinajstić information content (AvgIpc) is 2.02. The number of allylic oxidation sites excluding steroid dienone is 1. The van der Waals surface area contributed by atoms with E-state index in [1.54, 1.807) is 13.0 Å². The first kappa shape index (κ1) is 12.4. The molecule has 0 bridgehead atoms. The molecule has 3 heteroatoms. The molecule has 0 fully saturated rings. The van der Waals surface area contributed by atoms with Gasteiger partial charge in [-0.25, -0.2) is 4.89 Å². The molecule has 0 aromatic carbocycles. The smallest absolute Gasteiger partial charge is 0.114 e. The van der Waals surface area contributed by atoms with Gasteiger partial charge in [-0.05, 0) is 20.8 Å². The fourth-order valence-electron chi connectivity index (χ4n) is 0.989. The Labute approximate surface area is 79.3 Å². The van der Waals surface area contributed by atoms with E-state index in [-0.39, 0.29) is 6.42 Å². The maximum absolute atomic E-state index is 9.60. The first-order valence-electron chi connectivity index (χ1n) is 4.22. The summed E-state index contributed by atoms with van der Waals surface area (Å²) in [5.74, 6) is 0. The minimum atomic E-state index is -1.01. The van der Waals surface area contributed by atoms with Crippen LogP contribution in [0, 0.1) is 0 Å². The standard InChI is InChI=1S/C10H18O3/c1-5-10(4,11)7-9(13-12)6-8(2)3/h5-6,9,11-12H,1,7H2,2-4H3. The van der Waals surface area contributed by atoms with Crippen molar-refractivity contribution in [1.82, 2.24) is 0 Å². The van der Waals surface area contributed by atoms with Gasteiger partial charge >= 0.3 is 0 Å². The van der Waals surface area contributed by atoms with E-state index >= 15 is 0 Å². The summed E-state index contributed by atoms with van der Waals surface area (Å²) in [5.41, 5.74) is 0.0122. The van der Waals surface area contributed by atoms with E-state index in [9.17, 15) is 5.11 Å². The van der Waals surface area contributed by atoms with E-state index in [2.05, 4.69) is 11.5 Å². The van der Waals surface area contributed by atoms with Gasteiger partial charge < -0.3 is 5.11 Å². The third-order valence-electron chi connectivity index (χ3n) is 1.71. The van der Waals surface area contributed by atoms with Crippen LogP contribution < -0.4 is 0 Å². The predicted octanol–water partition coefficient (Wildman–Crippen LogP) is 2.14. The molecule has 0 saturated heterocycles. The summed E-state index contributed by atoms with van der Waals surface area (Å²) in [6.45, 7) is 8.90. The lowest BCUT2D eigenvalue weighted by Gasteiger charge is -2.21. The molecule has 3 nitrogen and oxygen atoms in total. The summed E-state index contributed by atoms with van der Waals surface area (Å²) >= 11 is 0. The van der Waals surface area contributed by atoms with Crippen LogP contribution >= 0.6 is 0 Å². The molecule has 2 unspecified atom stereocenters. The summed E-state index contributed by atoms with van der Waals surface area (Å²) in [7, 11) is 0. The maximum atomic E-state index is 9.60. The van der Waals surface area contributed by atoms with Crippen LogP contribution in [-0.4, -0.2) is 22.1 Å². The molecule has 0 aliphatic heterocycles. The van der Waals surface area contributed by atoms with E-state index < -0.39 is 11.7 Å². The molecule has 0 heterocycles. The average molecular weight is 186 g/mol. The van der Waals surface area contributed by atoms with Crippen LogP contribution in [-0.2, 0) is 4.89 Å². The number of aliphatic hydroxyl groups is 1. The van der Waals surface area contributed by atoms with E-state index in [1.807, 2.05) is 13.8 Å². The van der Waals surface area contributed by atoms with Gasteiger partial charge in [0, 0.05) is 6.42 Å². The van der Waals surface area contributed by atoms with Crippen LogP contribution in [0.1, 0.15) is 27.2 Å². The van der Waals surface area contributed by atoms with Gasteiger partial charge in [-0.2, -0.15) is 0 Å². The van der Waals surface area contributed by atoms with Crippen LogP contribution in [0.3, 0.4) is 0 Å². The summed E-state index contributed by atoms with van der Waals surface area (Å²) in [6, 6.07) is 0. The van der Waals surface area contributed by atoms with Gasteiger partial charge in [0.1, 0.15) is 6.10 Å². The largest absolute Gasteiger partial charge is 0.386 e. The normalized spacial score (nSPS) is 17.3. The van der Waals surface area contributed by atoms with Gasteiger partial charge in [-0.15, -0.1) is 6.58 Å². The highest BCUT2D eigenvalue weighted by Crippen LogP contribution is 2.16. The Hall–Kier alpha value is -0.640. The molecule has 0 aliphatic carbocycles. The molecule has 0 spiro atoms. The van der Waals surface area contributed by atoms with Crippen LogP contribution in [0.25, 0.3) is 0 Å². The van der Waals surface area contributed by atoms with Crippen molar-refractivity contribution in [1.29, 1.82) is 0 Å². The Kier molecular flexibility index (Phi) is 4.91. The first-order chi connectivity index (χ1) is 5.91. The first-order valence-corrected chi connectivity index (χ1v) is 4.22. The molecule has 0 aliphatic rings. The lowest BCUT2D eigenvalue weighted by molar-refractivity contribution is -0.272. The van der Waals surface area contributed by atoms with Crippen LogP contribution in [0.4, 0.5) is 0 Å². The third kappa shape index (κ3) is 5.58. The summed E-state index contributed by atoms with van der Waals surface area (Å²) in [6.07, 6.45) is 2.98. The molecule has 0 aromatic heterocycles. The van der Waals surface area contributed by atoms with Crippen molar-refractivity contribution in [3.05, 3.63) is 24.3 Å². The second-order valence-electron chi connectivity index (χ2n) is 3.65. The molecular formula is C10H18O3. The topological polar surface area (TPSA) is 49.7 Å². The Morgan fingerprint density at radius 2 is 2.15 bits per heavy atom. The van der Waals surface area contributed by atoms with Gasteiger partial charge in [-0.3, -0.25) is 5.26 Å². The molecule has 0 saturated carbocycles. The molecule has 0 rings (SSSR count). The molecule has 0 aromatic rings. The Morgan fingerprint density at radius 1 is 1.62 bits per heavy atom. The molecule has 0 amide bonds. The fraction of sp³-hybridized carbons (Fsp3) is 0.600. The van der Waals surface area contributed by atoms with Gasteiger partial charge in [0.15, 0.2) is 0 Å². The Balaban J connectivity index is 4.29. The van der Waals surface area contributed by atoms with Crippen molar-refractivity contribution in [3.63, 3.8) is 0 Å². The van der Waals surface area contributed by atoms with Gasteiger partial charge in [-0.1, -0.05) is 17.7 Å². The van der Waals surface area contributed by atoms with Crippen molar-refractivity contribution in [2.45, 2.75) is 38.9 Å². The lowest BCUT2D eigenvalue weighted by atomic mass is 9.98. The second-order valence-corrected chi connectivity index (χ2v) is 3.65. The third-order valence-corrected chi connectivity index (χ3v) is 1.71. The Morgan fingerprint density at radius 3 is 2.46 bits per heavy atom. The van der Waals surface area contributed by atoms with E-state index in [0.29, 0.717) is 0 Å². The van der Waals surface area contributed by atoms with E-state index in [4.69, 9.17) is 5.26 Å². The Bertz CT molecular complexity index is 190. The predicted molar refractivity (Wildman–Crippen MR) is 52.4 cm³/mol. The van der Waals surface area contributed by atoms with Crippen LogP contribution in [0.5, 0.6) is 0 Å². The molecule has 0 radical (unpaired) electrons. The molecule has 2 atom stereocenters. The zero-order valence-electron chi connectivity index (χ0n) is 8.45. The molecule has 76 valence electrons. The SMILES string of the molecule is C=CC(C)(O)CC(C=C(C)C)OO. The second kappa shape index (κ2) is 5.17. The van der Waals surface area contributed by atoms with Crippen molar-refractivity contribution in [3.8, 4) is 0 Å².